The molecule has 0 bridgehead atoms. The van der Waals surface area contributed by atoms with Gasteiger partial charge in [-0.1, -0.05) is 18.2 Å². The predicted octanol–water partition coefficient (Wildman–Crippen LogP) is 2.94. The lowest BCUT2D eigenvalue weighted by atomic mass is 10.0. The van der Waals surface area contributed by atoms with Crippen molar-refractivity contribution < 1.29 is 19.3 Å². The molecule has 1 aliphatic heterocycles. The molecule has 9 heteroatoms. The Bertz CT molecular complexity index is 1120. The maximum atomic E-state index is 13.0. The molecule has 1 fully saturated rings. The fourth-order valence-corrected chi connectivity index (χ4v) is 3.16. The fourth-order valence-electron chi connectivity index (χ4n) is 3.16. The third kappa shape index (κ3) is 3.77. The molecule has 30 heavy (non-hydrogen) atoms. The molecule has 2 aromatic rings. The number of rotatable bonds is 4. The summed E-state index contributed by atoms with van der Waals surface area (Å²) in [7, 11) is 3.35. The number of imide groups is 2. The van der Waals surface area contributed by atoms with E-state index < -0.39 is 22.8 Å². The van der Waals surface area contributed by atoms with Gasteiger partial charge in [0.05, 0.1) is 10.6 Å². The number of hydrogen-bond acceptors (Lipinski definition) is 6. The molecule has 0 spiro atoms. The molecule has 0 saturated carbocycles. The molecular weight excluding hydrogens is 388 g/mol. The van der Waals surface area contributed by atoms with Crippen LogP contribution in [0, 0.1) is 24.0 Å². The first-order chi connectivity index (χ1) is 14.1. The fraction of sp³-hybridized carbons (Fsp3) is 0.190. The highest BCUT2D eigenvalue weighted by atomic mass is 16.6. The molecule has 2 aromatic carbocycles. The predicted molar refractivity (Wildman–Crippen MR) is 112 cm³/mol. The molecule has 0 atom stereocenters. The highest BCUT2D eigenvalue weighted by Gasteiger charge is 2.37. The van der Waals surface area contributed by atoms with Crippen molar-refractivity contribution in [3.05, 3.63) is 68.8 Å². The van der Waals surface area contributed by atoms with E-state index in [1.165, 1.54) is 18.2 Å². The van der Waals surface area contributed by atoms with Gasteiger partial charge in [-0.05, 0) is 48.7 Å². The van der Waals surface area contributed by atoms with Crippen molar-refractivity contribution in [2.24, 2.45) is 0 Å². The average Bonchev–Trinajstić information content (AvgIpc) is 2.67. The summed E-state index contributed by atoms with van der Waals surface area (Å²) in [6.45, 7) is 3.57. The van der Waals surface area contributed by atoms with Gasteiger partial charge in [-0.15, -0.1) is 0 Å². The van der Waals surface area contributed by atoms with Gasteiger partial charge in [0, 0.05) is 20.2 Å². The number of benzene rings is 2. The zero-order chi connectivity index (χ0) is 22.2. The van der Waals surface area contributed by atoms with E-state index in [1.807, 2.05) is 13.0 Å². The molecule has 0 aromatic heterocycles. The minimum Gasteiger partial charge on any atom is -0.372 e. The first-order valence-electron chi connectivity index (χ1n) is 9.04. The number of amides is 4. The van der Waals surface area contributed by atoms with Crippen LogP contribution < -0.4 is 15.1 Å². The van der Waals surface area contributed by atoms with Gasteiger partial charge in [-0.3, -0.25) is 25.0 Å². The molecule has 0 unspecified atom stereocenters. The van der Waals surface area contributed by atoms with Crippen LogP contribution in [-0.4, -0.2) is 36.9 Å². The highest BCUT2D eigenvalue weighted by Crippen LogP contribution is 2.30. The maximum Gasteiger partial charge on any atom is 0.335 e. The number of anilines is 2. The number of nitro benzene ring substituents is 1. The zero-order valence-corrected chi connectivity index (χ0v) is 16.9. The Hall–Kier alpha value is -4.01. The van der Waals surface area contributed by atoms with E-state index in [2.05, 4.69) is 5.32 Å². The van der Waals surface area contributed by atoms with Crippen LogP contribution >= 0.6 is 0 Å². The van der Waals surface area contributed by atoms with Crippen molar-refractivity contribution in [1.82, 2.24) is 5.32 Å². The lowest BCUT2D eigenvalue weighted by Gasteiger charge is -2.27. The van der Waals surface area contributed by atoms with Crippen LogP contribution in [-0.2, 0) is 9.59 Å². The van der Waals surface area contributed by atoms with Crippen molar-refractivity contribution in [3.63, 3.8) is 0 Å². The second-order valence-electron chi connectivity index (χ2n) is 7.15. The van der Waals surface area contributed by atoms with E-state index in [9.17, 15) is 24.5 Å². The minimum atomic E-state index is -0.856. The summed E-state index contributed by atoms with van der Waals surface area (Å²) in [6, 6.07) is 8.83. The highest BCUT2D eigenvalue weighted by molar-refractivity contribution is 6.39. The molecular formula is C21H20N4O5. The topological polar surface area (TPSA) is 113 Å². The number of carbonyl (C=O) groups is 3. The normalized spacial score (nSPS) is 15.4. The second-order valence-corrected chi connectivity index (χ2v) is 7.15. The van der Waals surface area contributed by atoms with Gasteiger partial charge in [-0.25, -0.2) is 9.69 Å². The lowest BCUT2D eigenvalue weighted by molar-refractivity contribution is -0.384. The van der Waals surface area contributed by atoms with Gasteiger partial charge in [0.2, 0.25) is 0 Å². The number of urea groups is 1. The molecule has 1 heterocycles. The molecule has 9 nitrogen and oxygen atoms in total. The van der Waals surface area contributed by atoms with E-state index >= 15 is 0 Å². The molecule has 1 saturated heterocycles. The molecule has 0 radical (unpaired) electrons. The van der Waals surface area contributed by atoms with Crippen molar-refractivity contribution >= 4 is 41.0 Å². The van der Waals surface area contributed by atoms with Gasteiger partial charge in [-0.2, -0.15) is 0 Å². The maximum absolute atomic E-state index is 13.0. The first-order valence-corrected chi connectivity index (χ1v) is 9.04. The number of barbiturate groups is 1. The zero-order valence-electron chi connectivity index (χ0n) is 16.9. The minimum absolute atomic E-state index is 0.166. The van der Waals surface area contributed by atoms with Crippen LogP contribution in [0.2, 0.25) is 0 Å². The van der Waals surface area contributed by atoms with Gasteiger partial charge in [0.25, 0.3) is 17.5 Å². The van der Waals surface area contributed by atoms with Gasteiger partial charge >= 0.3 is 6.03 Å². The van der Waals surface area contributed by atoms with Crippen LogP contribution in [0.1, 0.15) is 16.7 Å². The molecule has 3 rings (SSSR count). The van der Waals surface area contributed by atoms with Crippen LogP contribution in [0.25, 0.3) is 6.08 Å². The summed E-state index contributed by atoms with van der Waals surface area (Å²) in [5.41, 5.74) is 2.11. The van der Waals surface area contributed by atoms with E-state index in [1.54, 1.807) is 44.1 Å². The van der Waals surface area contributed by atoms with Crippen molar-refractivity contribution in [2.75, 3.05) is 23.9 Å². The molecule has 1 aliphatic rings. The quantitative estimate of drug-likeness (QED) is 0.360. The summed E-state index contributed by atoms with van der Waals surface area (Å²) in [5, 5.41) is 13.6. The summed E-state index contributed by atoms with van der Waals surface area (Å²) in [5.74, 6) is -1.65. The van der Waals surface area contributed by atoms with Crippen LogP contribution in [0.4, 0.5) is 21.9 Å². The van der Waals surface area contributed by atoms with E-state index in [0.717, 1.165) is 10.5 Å². The Morgan fingerprint density at radius 3 is 2.40 bits per heavy atom. The number of carbonyl (C=O) groups excluding carboxylic acids is 3. The van der Waals surface area contributed by atoms with Crippen LogP contribution in [0.5, 0.6) is 0 Å². The summed E-state index contributed by atoms with van der Waals surface area (Å²) in [4.78, 5) is 51.2. The standard InChI is InChI=1S/C21H20N4O5/c1-12-5-6-13(2)17(9-12)24-20(27)15(19(26)22-21(24)28)10-14-7-8-16(23(3)4)18(11-14)25(29)30/h5-11H,1-4H3,(H,22,26,28)/b15-10+. The molecule has 1 N–H and O–H groups in total. The number of nitro groups is 1. The summed E-state index contributed by atoms with van der Waals surface area (Å²) >= 11 is 0. The third-order valence-electron chi connectivity index (χ3n) is 4.70. The van der Waals surface area contributed by atoms with Crippen LogP contribution in [0.3, 0.4) is 0 Å². The third-order valence-corrected chi connectivity index (χ3v) is 4.70. The Labute approximate surface area is 172 Å². The van der Waals surface area contributed by atoms with Crippen molar-refractivity contribution in [1.29, 1.82) is 0 Å². The second kappa shape index (κ2) is 7.78. The smallest absolute Gasteiger partial charge is 0.335 e. The Balaban J connectivity index is 2.08. The number of nitrogens with zero attached hydrogens (tertiary/aromatic N) is 3. The van der Waals surface area contributed by atoms with Crippen molar-refractivity contribution in [3.8, 4) is 0 Å². The van der Waals surface area contributed by atoms with Crippen molar-refractivity contribution in [2.45, 2.75) is 13.8 Å². The first kappa shape index (κ1) is 20.7. The Morgan fingerprint density at radius 2 is 1.77 bits per heavy atom. The average molecular weight is 408 g/mol. The number of hydrogen-bond donors (Lipinski definition) is 1. The van der Waals surface area contributed by atoms with Crippen LogP contribution in [0.15, 0.2) is 42.0 Å². The van der Waals surface area contributed by atoms with Gasteiger partial charge in [0.1, 0.15) is 11.3 Å². The monoisotopic (exact) mass is 408 g/mol. The molecule has 154 valence electrons. The lowest BCUT2D eigenvalue weighted by Crippen LogP contribution is -2.54. The van der Waals surface area contributed by atoms with E-state index in [4.69, 9.17) is 0 Å². The summed E-state index contributed by atoms with van der Waals surface area (Å²) in [6.07, 6.45) is 1.24. The number of aryl methyl sites for hydroxylation is 2. The van der Waals surface area contributed by atoms with E-state index in [-0.39, 0.29) is 11.3 Å². The van der Waals surface area contributed by atoms with Gasteiger partial charge < -0.3 is 4.90 Å². The Kier molecular flexibility index (Phi) is 5.37. The molecule has 0 aliphatic carbocycles. The largest absolute Gasteiger partial charge is 0.372 e. The number of nitrogens with one attached hydrogen (secondary N) is 1. The summed E-state index contributed by atoms with van der Waals surface area (Å²) < 4.78 is 0. The SMILES string of the molecule is Cc1ccc(C)c(N2C(=O)NC(=O)/C(=C\c3ccc(N(C)C)c([N+](=O)[O-])c3)C2=O)c1. The van der Waals surface area contributed by atoms with E-state index in [0.29, 0.717) is 22.5 Å². The van der Waals surface area contributed by atoms with Gasteiger partial charge in [0.15, 0.2) is 0 Å². The molecule has 4 amide bonds. The Morgan fingerprint density at radius 1 is 1.07 bits per heavy atom.